The van der Waals surface area contributed by atoms with E-state index in [-0.39, 0.29) is 41.3 Å². The van der Waals surface area contributed by atoms with E-state index in [0.717, 1.165) is 81.4 Å². The van der Waals surface area contributed by atoms with Crippen LogP contribution in [0.4, 0.5) is 20.3 Å². The number of aromatic nitrogens is 6. The molecule has 4 aromatic heterocycles. The molecule has 3 amide bonds. The maximum Gasteiger partial charge on any atom is 0.329 e. The highest BCUT2D eigenvalue weighted by molar-refractivity contribution is 6.03. The maximum atomic E-state index is 14.2. The molecule has 1 aliphatic heterocycles. The molecule has 0 radical (unpaired) electrons. The third-order valence-electron chi connectivity index (χ3n) is 12.4. The monoisotopic (exact) mass is 856 g/mol. The summed E-state index contributed by atoms with van der Waals surface area (Å²) in [6.07, 6.45) is 10.0. The first-order valence-electron chi connectivity index (χ1n) is 21.6. The Bertz CT molecular complexity index is 2460. The van der Waals surface area contributed by atoms with Crippen LogP contribution in [0, 0.1) is 5.92 Å². The van der Waals surface area contributed by atoms with Crippen LogP contribution in [0.3, 0.4) is 0 Å². The van der Waals surface area contributed by atoms with E-state index in [1.807, 2.05) is 31.3 Å². The number of para-hydroxylation sites is 1. The van der Waals surface area contributed by atoms with Gasteiger partial charge in [0.25, 0.3) is 12.3 Å². The van der Waals surface area contributed by atoms with Gasteiger partial charge in [-0.3, -0.25) is 33.5 Å². The van der Waals surface area contributed by atoms with Gasteiger partial charge in [-0.2, -0.15) is 5.10 Å². The number of nitrogens with one attached hydrogen (secondary N) is 2. The molecule has 18 heteroatoms. The normalized spacial score (nSPS) is 19.4. The van der Waals surface area contributed by atoms with Crippen LogP contribution >= 0.6 is 0 Å². The number of aryl methyl sites for hydroxylation is 2. The second-order valence-electron chi connectivity index (χ2n) is 16.9. The van der Waals surface area contributed by atoms with Crippen molar-refractivity contribution in [3.63, 3.8) is 0 Å². The van der Waals surface area contributed by atoms with Crippen molar-refractivity contribution in [2.24, 2.45) is 13.0 Å². The molecular weight excluding hydrogens is 803 g/mol. The molecule has 3 fully saturated rings. The van der Waals surface area contributed by atoms with Gasteiger partial charge in [-0.25, -0.2) is 23.5 Å². The summed E-state index contributed by atoms with van der Waals surface area (Å²) in [7, 11) is 5.81. The van der Waals surface area contributed by atoms with E-state index >= 15 is 0 Å². The van der Waals surface area contributed by atoms with Gasteiger partial charge in [0, 0.05) is 70.8 Å². The Morgan fingerprint density at radius 3 is 2.60 bits per heavy atom. The van der Waals surface area contributed by atoms with E-state index in [0.29, 0.717) is 49.1 Å². The Kier molecular flexibility index (Phi) is 12.9. The van der Waals surface area contributed by atoms with Crippen LogP contribution in [0.15, 0.2) is 58.2 Å². The van der Waals surface area contributed by atoms with Gasteiger partial charge >= 0.3 is 5.69 Å². The minimum atomic E-state index is -2.87. The topological polar surface area (TPSA) is 175 Å². The molecule has 1 aromatic carbocycles. The molecule has 5 heterocycles. The first-order chi connectivity index (χ1) is 29.9. The van der Waals surface area contributed by atoms with Crippen LogP contribution in [0.5, 0.6) is 0 Å². The molecule has 0 bridgehead atoms. The standard InChI is InChI=1S/C44H54F2N10O6/c1-52(20-6-22-61-21-5-8-28-7-4-9-34-39(28)54(3)44(60)56(34)35-16-17-37(57)50-42(35)59)24-27-10-12-31(13-11-27)55-25-32(38(51-55)40(45)46)48-41(58)33-26-62-43(49-33)29-18-19-47-36(23-29)53(2)30-14-15-30/h4,7,9,18-19,23,25-27,30-31,35,40H,5-6,8,10-17,20-22,24H2,1-3H3,(H,48,58)(H,50,57,59). The van der Waals surface area contributed by atoms with Gasteiger partial charge in [-0.05, 0) is 101 Å². The SMILES string of the molecule is CN(CCCOCCCc1cccc2c1n(C)c(=O)n2C1CCC(=O)NC1=O)CC1CCC(n2cc(NC(=O)c3coc(-c4ccnc(N(C)C5CC5)c4)n3)c(C(F)F)n2)CC1. The van der Waals surface area contributed by atoms with Gasteiger partial charge in [0.2, 0.25) is 17.7 Å². The summed E-state index contributed by atoms with van der Waals surface area (Å²) < 4.78 is 44.6. The number of anilines is 2. The quantitative estimate of drug-likeness (QED) is 0.0775. The molecule has 1 saturated heterocycles. The van der Waals surface area contributed by atoms with Gasteiger partial charge in [0.15, 0.2) is 11.4 Å². The fourth-order valence-electron chi connectivity index (χ4n) is 8.92. The maximum absolute atomic E-state index is 14.2. The zero-order valence-electron chi connectivity index (χ0n) is 35.4. The van der Waals surface area contributed by atoms with Gasteiger partial charge in [-0.15, -0.1) is 0 Å². The molecule has 2 N–H and O–H groups in total. The van der Waals surface area contributed by atoms with Crippen LogP contribution in [-0.2, 0) is 27.8 Å². The van der Waals surface area contributed by atoms with Crippen molar-refractivity contribution in [1.29, 1.82) is 0 Å². The number of imidazole rings is 1. The zero-order chi connectivity index (χ0) is 43.5. The fraction of sp³-hybridized carbons (Fsp3) is 0.523. The first-order valence-corrected chi connectivity index (χ1v) is 21.6. The lowest BCUT2D eigenvalue weighted by atomic mass is 9.86. The number of carbonyl (C=O) groups excluding carboxylic acids is 3. The second-order valence-corrected chi connectivity index (χ2v) is 16.9. The molecule has 16 nitrogen and oxygen atoms in total. The number of ether oxygens (including phenoxy) is 1. The highest BCUT2D eigenvalue weighted by atomic mass is 19.3. The lowest BCUT2D eigenvalue weighted by molar-refractivity contribution is -0.135. The molecule has 62 heavy (non-hydrogen) atoms. The number of alkyl halides is 2. The number of hydrogen-bond acceptors (Lipinski definition) is 11. The molecule has 3 aliphatic rings. The predicted molar refractivity (Wildman–Crippen MR) is 227 cm³/mol. The minimum Gasteiger partial charge on any atom is -0.444 e. The number of nitrogens with zero attached hydrogens (tertiary/aromatic N) is 8. The number of hydrogen-bond donors (Lipinski definition) is 2. The number of halogens is 2. The highest BCUT2D eigenvalue weighted by Gasteiger charge is 2.32. The van der Waals surface area contributed by atoms with Gasteiger partial charge < -0.3 is 24.3 Å². The lowest BCUT2D eigenvalue weighted by Gasteiger charge is -2.31. The number of pyridine rings is 1. The summed E-state index contributed by atoms with van der Waals surface area (Å²) in [4.78, 5) is 63.8. The molecule has 8 rings (SSSR count). The van der Waals surface area contributed by atoms with Crippen molar-refractivity contribution in [3.05, 3.63) is 76.4 Å². The largest absolute Gasteiger partial charge is 0.444 e. The molecule has 2 saturated carbocycles. The molecule has 1 unspecified atom stereocenters. The number of amides is 3. The number of fused-ring (bicyclic) bond motifs is 1. The number of piperidine rings is 1. The van der Waals surface area contributed by atoms with Crippen molar-refractivity contribution in [3.8, 4) is 11.5 Å². The van der Waals surface area contributed by atoms with Crippen LogP contribution in [-0.4, -0.2) is 97.9 Å². The average Bonchev–Trinajstić information content (AvgIpc) is 3.73. The van der Waals surface area contributed by atoms with Crippen LogP contribution in [0.1, 0.15) is 104 Å². The van der Waals surface area contributed by atoms with Gasteiger partial charge in [-0.1, -0.05) is 12.1 Å². The van der Waals surface area contributed by atoms with E-state index in [2.05, 4.69) is 42.5 Å². The second kappa shape index (κ2) is 18.7. The fourth-order valence-corrected chi connectivity index (χ4v) is 8.92. The summed E-state index contributed by atoms with van der Waals surface area (Å²) in [6, 6.07) is 9.03. The van der Waals surface area contributed by atoms with Crippen LogP contribution < -0.4 is 21.2 Å². The Hall–Kier alpha value is -5.75. The summed E-state index contributed by atoms with van der Waals surface area (Å²) in [6.45, 7) is 3.00. The summed E-state index contributed by atoms with van der Waals surface area (Å²) in [5.74, 6) is 0.0593. The van der Waals surface area contributed by atoms with E-state index in [4.69, 9.17) is 9.15 Å². The van der Waals surface area contributed by atoms with Crippen molar-refractivity contribution in [2.45, 2.75) is 95.2 Å². The van der Waals surface area contributed by atoms with Crippen LogP contribution in [0.2, 0.25) is 0 Å². The Labute approximate surface area is 357 Å². The van der Waals surface area contributed by atoms with E-state index in [1.165, 1.54) is 17.0 Å². The van der Waals surface area contributed by atoms with E-state index in [9.17, 15) is 28.0 Å². The Morgan fingerprint density at radius 2 is 1.84 bits per heavy atom. The molecule has 330 valence electrons. The summed E-state index contributed by atoms with van der Waals surface area (Å²) in [5, 5.41) is 9.18. The van der Waals surface area contributed by atoms with E-state index < -0.39 is 30.0 Å². The molecular formula is C44H54F2N10O6. The number of carbonyl (C=O) groups is 3. The number of benzene rings is 1. The minimum absolute atomic E-state index is 0.0282. The van der Waals surface area contributed by atoms with E-state index in [1.54, 1.807) is 28.6 Å². The Morgan fingerprint density at radius 1 is 1.05 bits per heavy atom. The van der Waals surface area contributed by atoms with Crippen molar-refractivity contribution < 1.29 is 32.3 Å². The smallest absolute Gasteiger partial charge is 0.329 e. The number of imide groups is 1. The lowest BCUT2D eigenvalue weighted by Crippen LogP contribution is -2.44. The summed E-state index contributed by atoms with van der Waals surface area (Å²) >= 11 is 0. The van der Waals surface area contributed by atoms with Gasteiger partial charge in [0.05, 0.1) is 22.8 Å². The highest BCUT2D eigenvalue weighted by Crippen LogP contribution is 2.36. The Balaban J connectivity index is 0.757. The molecule has 5 aromatic rings. The number of oxazole rings is 1. The van der Waals surface area contributed by atoms with Crippen LogP contribution in [0.25, 0.3) is 22.5 Å². The molecule has 1 atom stereocenters. The molecule has 2 aliphatic carbocycles. The third-order valence-corrected chi connectivity index (χ3v) is 12.4. The van der Waals surface area contributed by atoms with Gasteiger partial charge in [0.1, 0.15) is 18.1 Å². The third kappa shape index (κ3) is 9.50. The zero-order valence-corrected chi connectivity index (χ0v) is 35.4. The predicted octanol–water partition coefficient (Wildman–Crippen LogP) is 6.06. The van der Waals surface area contributed by atoms with Crippen molar-refractivity contribution in [2.75, 3.05) is 50.6 Å². The molecule has 0 spiro atoms. The van der Waals surface area contributed by atoms with Crippen molar-refractivity contribution >= 4 is 40.3 Å². The van der Waals surface area contributed by atoms with Crippen molar-refractivity contribution in [1.82, 2.24) is 39.1 Å². The summed E-state index contributed by atoms with van der Waals surface area (Å²) in [5.41, 5.74) is 2.32. The first kappa shape index (κ1) is 42.9. The average molecular weight is 857 g/mol. The number of rotatable bonds is 18.